The summed E-state index contributed by atoms with van der Waals surface area (Å²) in [5.41, 5.74) is 1.71. The molecule has 2 heteroatoms. The first-order valence-electron chi connectivity index (χ1n) is 5.44. The molecule has 1 aromatic carbocycles. The lowest BCUT2D eigenvalue weighted by molar-refractivity contribution is 0.0956. The van der Waals surface area contributed by atoms with Gasteiger partial charge in [0.15, 0.2) is 5.78 Å². The van der Waals surface area contributed by atoms with Crippen LogP contribution >= 0.6 is 0 Å². The molecule has 2 rings (SSSR count). The first-order valence-corrected chi connectivity index (χ1v) is 5.44. The molecule has 0 aliphatic rings. The van der Waals surface area contributed by atoms with E-state index in [9.17, 15) is 4.79 Å². The third kappa shape index (κ3) is 2.06. The van der Waals surface area contributed by atoms with Gasteiger partial charge in [-0.2, -0.15) is 0 Å². The van der Waals surface area contributed by atoms with Crippen LogP contribution in [-0.2, 0) is 0 Å². The Morgan fingerprint density at radius 2 is 2.00 bits per heavy atom. The van der Waals surface area contributed by atoms with Crippen LogP contribution in [0.3, 0.4) is 0 Å². The maximum absolute atomic E-state index is 12.2. The third-order valence-corrected chi connectivity index (χ3v) is 2.73. The van der Waals surface area contributed by atoms with E-state index in [1.807, 2.05) is 37.3 Å². The number of hydrogen-bond donors (Lipinski definition) is 0. The second-order valence-electron chi connectivity index (χ2n) is 3.75. The van der Waals surface area contributed by atoms with Crippen LogP contribution in [0.2, 0.25) is 0 Å². The molecule has 0 radical (unpaired) electrons. The smallest absolute Gasteiger partial charge is 0.173 e. The Kier molecular flexibility index (Phi) is 3.20. The predicted octanol–water partition coefficient (Wildman–Crippen LogP) is 3.66. The third-order valence-electron chi connectivity index (χ3n) is 2.73. The van der Waals surface area contributed by atoms with Crippen LogP contribution in [0.5, 0.6) is 0 Å². The normalized spacial score (nSPS) is 12.3. The molecule has 0 aliphatic heterocycles. The zero-order valence-corrected chi connectivity index (χ0v) is 9.22. The van der Waals surface area contributed by atoms with Gasteiger partial charge in [-0.05, 0) is 18.1 Å². The standard InChI is InChI=1S/C14H14O2/c1-2-13(11-6-4-3-5-7-11)14(15)12-8-9-16-10-12/h3-10,13H,2H2,1H3. The SMILES string of the molecule is CCC(C(=O)c1ccoc1)c1ccccc1. The van der Waals surface area contributed by atoms with Crippen molar-refractivity contribution >= 4 is 5.78 Å². The summed E-state index contributed by atoms with van der Waals surface area (Å²) < 4.78 is 4.95. The summed E-state index contributed by atoms with van der Waals surface area (Å²) in [7, 11) is 0. The van der Waals surface area contributed by atoms with Crippen molar-refractivity contribution in [2.75, 3.05) is 0 Å². The van der Waals surface area contributed by atoms with E-state index in [1.54, 1.807) is 6.07 Å². The van der Waals surface area contributed by atoms with Crippen molar-refractivity contribution in [3.63, 3.8) is 0 Å². The molecule has 0 spiro atoms. The quantitative estimate of drug-likeness (QED) is 0.727. The van der Waals surface area contributed by atoms with Crippen LogP contribution < -0.4 is 0 Å². The second-order valence-corrected chi connectivity index (χ2v) is 3.75. The molecule has 82 valence electrons. The Labute approximate surface area is 94.9 Å². The minimum Gasteiger partial charge on any atom is -0.472 e. The monoisotopic (exact) mass is 214 g/mol. The van der Waals surface area contributed by atoms with Crippen LogP contribution in [0.4, 0.5) is 0 Å². The summed E-state index contributed by atoms with van der Waals surface area (Å²) in [5.74, 6) is 0.0567. The second kappa shape index (κ2) is 4.79. The van der Waals surface area contributed by atoms with Gasteiger partial charge in [0.25, 0.3) is 0 Å². The lowest BCUT2D eigenvalue weighted by Crippen LogP contribution is -2.11. The number of hydrogen-bond acceptors (Lipinski definition) is 2. The number of rotatable bonds is 4. The largest absolute Gasteiger partial charge is 0.472 e. The summed E-state index contributed by atoms with van der Waals surface area (Å²) in [4.78, 5) is 12.2. The zero-order valence-electron chi connectivity index (χ0n) is 9.22. The maximum Gasteiger partial charge on any atom is 0.173 e. The average molecular weight is 214 g/mol. The van der Waals surface area contributed by atoms with Crippen LogP contribution in [0, 0.1) is 0 Å². The number of furan rings is 1. The number of carbonyl (C=O) groups excluding carboxylic acids is 1. The molecule has 0 saturated carbocycles. The number of ketones is 1. The number of Topliss-reactive ketones (excluding diaryl/α,β-unsaturated/α-hetero) is 1. The van der Waals surface area contributed by atoms with Gasteiger partial charge >= 0.3 is 0 Å². The van der Waals surface area contributed by atoms with Crippen molar-refractivity contribution in [2.45, 2.75) is 19.3 Å². The summed E-state index contributed by atoms with van der Waals surface area (Å²) in [6, 6.07) is 11.6. The summed E-state index contributed by atoms with van der Waals surface area (Å²) >= 11 is 0. The minimum atomic E-state index is -0.0706. The molecule has 1 unspecified atom stereocenters. The van der Waals surface area contributed by atoms with Gasteiger partial charge in [-0.1, -0.05) is 37.3 Å². The highest BCUT2D eigenvalue weighted by atomic mass is 16.3. The number of carbonyl (C=O) groups is 1. The van der Waals surface area contributed by atoms with Crippen molar-refractivity contribution in [3.05, 3.63) is 60.1 Å². The highest BCUT2D eigenvalue weighted by Crippen LogP contribution is 2.24. The molecule has 16 heavy (non-hydrogen) atoms. The molecule has 2 nitrogen and oxygen atoms in total. The fourth-order valence-electron chi connectivity index (χ4n) is 1.86. The van der Waals surface area contributed by atoms with Crippen molar-refractivity contribution < 1.29 is 9.21 Å². The van der Waals surface area contributed by atoms with Crippen molar-refractivity contribution in [3.8, 4) is 0 Å². The maximum atomic E-state index is 12.2. The fraction of sp³-hybridized carbons (Fsp3) is 0.214. The molecule has 0 fully saturated rings. The lowest BCUT2D eigenvalue weighted by Gasteiger charge is -2.12. The molecule has 1 aromatic heterocycles. The minimum absolute atomic E-state index is 0.0706. The fourth-order valence-corrected chi connectivity index (χ4v) is 1.86. The van der Waals surface area contributed by atoms with E-state index in [2.05, 4.69) is 0 Å². The molecule has 1 atom stereocenters. The van der Waals surface area contributed by atoms with Gasteiger partial charge in [0.2, 0.25) is 0 Å². The van der Waals surface area contributed by atoms with Crippen molar-refractivity contribution in [1.29, 1.82) is 0 Å². The molecule has 0 aliphatic carbocycles. The van der Waals surface area contributed by atoms with E-state index >= 15 is 0 Å². The van der Waals surface area contributed by atoms with Crippen LogP contribution in [0.25, 0.3) is 0 Å². The molecule has 0 amide bonds. The zero-order chi connectivity index (χ0) is 11.4. The Hall–Kier alpha value is -1.83. The average Bonchev–Trinajstić information content (AvgIpc) is 2.85. The molecular weight excluding hydrogens is 200 g/mol. The van der Waals surface area contributed by atoms with Gasteiger partial charge < -0.3 is 4.42 Å². The van der Waals surface area contributed by atoms with Gasteiger partial charge in [-0.25, -0.2) is 0 Å². The van der Waals surface area contributed by atoms with Gasteiger partial charge in [0, 0.05) is 5.92 Å². The van der Waals surface area contributed by atoms with E-state index in [4.69, 9.17) is 4.42 Å². The van der Waals surface area contributed by atoms with Gasteiger partial charge in [-0.3, -0.25) is 4.79 Å². The Morgan fingerprint density at radius 3 is 2.56 bits per heavy atom. The molecular formula is C14H14O2. The van der Waals surface area contributed by atoms with Crippen molar-refractivity contribution in [2.24, 2.45) is 0 Å². The van der Waals surface area contributed by atoms with Gasteiger partial charge in [0.1, 0.15) is 6.26 Å². The van der Waals surface area contributed by atoms with E-state index < -0.39 is 0 Å². The van der Waals surface area contributed by atoms with Crippen LogP contribution in [0.1, 0.15) is 35.2 Å². The summed E-state index contributed by atoms with van der Waals surface area (Å²) in [6.45, 7) is 2.02. The number of benzene rings is 1. The van der Waals surface area contributed by atoms with Gasteiger partial charge in [0.05, 0.1) is 11.8 Å². The predicted molar refractivity (Wildman–Crippen MR) is 62.5 cm³/mol. The summed E-state index contributed by atoms with van der Waals surface area (Å²) in [6.07, 6.45) is 3.84. The van der Waals surface area contributed by atoms with E-state index in [0.717, 1.165) is 12.0 Å². The first kappa shape index (κ1) is 10.7. The first-order chi connectivity index (χ1) is 7.83. The van der Waals surface area contributed by atoms with E-state index in [1.165, 1.54) is 12.5 Å². The Balaban J connectivity index is 2.27. The van der Waals surface area contributed by atoms with Crippen molar-refractivity contribution in [1.82, 2.24) is 0 Å². The molecule has 0 bridgehead atoms. The molecule has 2 aromatic rings. The highest BCUT2D eigenvalue weighted by Gasteiger charge is 2.20. The lowest BCUT2D eigenvalue weighted by atomic mass is 9.90. The summed E-state index contributed by atoms with van der Waals surface area (Å²) in [5, 5.41) is 0. The Bertz CT molecular complexity index is 443. The Morgan fingerprint density at radius 1 is 1.25 bits per heavy atom. The van der Waals surface area contributed by atoms with Crippen LogP contribution in [-0.4, -0.2) is 5.78 Å². The molecule has 0 N–H and O–H groups in total. The van der Waals surface area contributed by atoms with Crippen LogP contribution in [0.15, 0.2) is 53.3 Å². The highest BCUT2D eigenvalue weighted by molar-refractivity contribution is 6.00. The topological polar surface area (TPSA) is 30.2 Å². The van der Waals surface area contributed by atoms with Gasteiger partial charge in [-0.15, -0.1) is 0 Å². The molecule has 1 heterocycles. The molecule has 0 saturated heterocycles. The van der Waals surface area contributed by atoms with E-state index in [-0.39, 0.29) is 11.7 Å². The van der Waals surface area contributed by atoms with E-state index in [0.29, 0.717) is 5.56 Å².